The number of ether oxygens (including phenoxy) is 1. The molecule has 0 unspecified atom stereocenters. The lowest BCUT2D eigenvalue weighted by Gasteiger charge is -2.29. The standard InChI is InChI=1S/C27H31FN2O3S/c1-19(2)15-30(27(32)22-6-5-7-24(14-22)33-4)18-26(31)29(17-25-20(3)12-13-34-25)16-21-8-10-23(28)11-9-21/h5-14,19H,15-18H2,1-4H3. The normalized spacial score (nSPS) is 10.9. The van der Waals surface area contributed by atoms with Crippen molar-refractivity contribution < 1.29 is 18.7 Å². The van der Waals surface area contributed by atoms with Gasteiger partial charge in [0.2, 0.25) is 5.91 Å². The Morgan fingerprint density at radius 3 is 2.38 bits per heavy atom. The van der Waals surface area contributed by atoms with Crippen molar-refractivity contribution in [1.82, 2.24) is 9.80 Å². The summed E-state index contributed by atoms with van der Waals surface area (Å²) in [6, 6.07) is 15.1. The first-order valence-electron chi connectivity index (χ1n) is 11.2. The zero-order valence-corrected chi connectivity index (χ0v) is 20.9. The summed E-state index contributed by atoms with van der Waals surface area (Å²) in [5.74, 6) is 0.0898. The molecule has 3 aromatic rings. The Balaban J connectivity index is 1.84. The maximum atomic E-state index is 13.5. The zero-order chi connectivity index (χ0) is 24.7. The van der Waals surface area contributed by atoms with Crippen molar-refractivity contribution in [3.05, 3.63) is 87.4 Å². The van der Waals surface area contributed by atoms with Crippen molar-refractivity contribution in [1.29, 1.82) is 0 Å². The molecule has 2 aromatic carbocycles. The predicted molar refractivity (Wildman–Crippen MR) is 133 cm³/mol. The average molecular weight is 483 g/mol. The quantitative estimate of drug-likeness (QED) is 0.382. The second-order valence-corrected chi connectivity index (χ2v) is 9.72. The fourth-order valence-corrected chi connectivity index (χ4v) is 4.56. The van der Waals surface area contributed by atoms with Gasteiger partial charge in [0.05, 0.1) is 13.7 Å². The summed E-state index contributed by atoms with van der Waals surface area (Å²) >= 11 is 1.60. The van der Waals surface area contributed by atoms with Crippen molar-refractivity contribution >= 4 is 23.2 Å². The molecule has 0 bridgehead atoms. The van der Waals surface area contributed by atoms with Gasteiger partial charge in [-0.25, -0.2) is 4.39 Å². The Hall–Kier alpha value is -3.19. The lowest BCUT2D eigenvalue weighted by Crippen LogP contribution is -2.43. The van der Waals surface area contributed by atoms with E-state index in [4.69, 9.17) is 4.74 Å². The van der Waals surface area contributed by atoms with Crippen molar-refractivity contribution in [3.63, 3.8) is 0 Å². The van der Waals surface area contributed by atoms with Crippen LogP contribution in [-0.2, 0) is 17.9 Å². The molecule has 0 saturated heterocycles. The molecular weight excluding hydrogens is 451 g/mol. The fraction of sp³-hybridized carbons (Fsp3) is 0.333. The molecule has 0 fully saturated rings. The fourth-order valence-electron chi connectivity index (χ4n) is 3.64. The Kier molecular flexibility index (Phi) is 8.82. The number of carbonyl (C=O) groups is 2. The third-order valence-corrected chi connectivity index (χ3v) is 6.47. The molecule has 0 spiro atoms. The topological polar surface area (TPSA) is 49.9 Å². The number of nitrogens with zero attached hydrogens (tertiary/aromatic N) is 2. The highest BCUT2D eigenvalue weighted by Gasteiger charge is 2.24. The smallest absolute Gasteiger partial charge is 0.254 e. The van der Waals surface area contributed by atoms with Gasteiger partial charge in [0, 0.05) is 23.5 Å². The van der Waals surface area contributed by atoms with Crippen molar-refractivity contribution in [2.24, 2.45) is 5.92 Å². The number of hydrogen-bond donors (Lipinski definition) is 0. The predicted octanol–water partition coefficient (Wildman–Crippen LogP) is 5.53. The highest BCUT2D eigenvalue weighted by molar-refractivity contribution is 7.10. The summed E-state index contributed by atoms with van der Waals surface area (Å²) in [6.07, 6.45) is 0. The van der Waals surface area contributed by atoms with Gasteiger partial charge in [-0.15, -0.1) is 11.3 Å². The second-order valence-electron chi connectivity index (χ2n) is 8.71. The highest BCUT2D eigenvalue weighted by Crippen LogP contribution is 2.21. The number of benzene rings is 2. The molecule has 0 saturated carbocycles. The molecule has 1 heterocycles. The van der Waals surface area contributed by atoms with E-state index in [0.29, 0.717) is 30.9 Å². The van der Waals surface area contributed by atoms with E-state index < -0.39 is 0 Å². The van der Waals surface area contributed by atoms with E-state index in [9.17, 15) is 14.0 Å². The summed E-state index contributed by atoms with van der Waals surface area (Å²) < 4.78 is 18.7. The van der Waals surface area contributed by atoms with Crippen LogP contribution in [0.5, 0.6) is 5.75 Å². The van der Waals surface area contributed by atoms with Gasteiger partial charge in [-0.1, -0.05) is 32.0 Å². The Morgan fingerprint density at radius 2 is 1.76 bits per heavy atom. The van der Waals surface area contributed by atoms with Gasteiger partial charge in [0.15, 0.2) is 0 Å². The number of methoxy groups -OCH3 is 1. The molecule has 0 atom stereocenters. The number of aryl methyl sites for hydroxylation is 1. The number of amides is 2. The third kappa shape index (κ3) is 6.90. The van der Waals surface area contributed by atoms with E-state index in [1.165, 1.54) is 12.1 Å². The minimum atomic E-state index is -0.317. The SMILES string of the molecule is COc1cccc(C(=O)N(CC(=O)N(Cc2ccc(F)cc2)Cc2sccc2C)CC(C)C)c1. The first-order valence-corrected chi connectivity index (χ1v) is 12.1. The highest BCUT2D eigenvalue weighted by atomic mass is 32.1. The van der Waals surface area contributed by atoms with Crippen molar-refractivity contribution in [2.75, 3.05) is 20.2 Å². The van der Waals surface area contributed by atoms with Gasteiger partial charge < -0.3 is 14.5 Å². The zero-order valence-electron chi connectivity index (χ0n) is 20.1. The summed E-state index contributed by atoms with van der Waals surface area (Å²) in [5.41, 5.74) is 2.43. The van der Waals surface area contributed by atoms with Crippen LogP contribution in [0.25, 0.3) is 0 Å². The third-order valence-electron chi connectivity index (χ3n) is 5.46. The summed E-state index contributed by atoms with van der Waals surface area (Å²) in [5, 5.41) is 2.00. The minimum Gasteiger partial charge on any atom is -0.497 e. The largest absolute Gasteiger partial charge is 0.497 e. The average Bonchev–Trinajstić information content (AvgIpc) is 3.23. The van der Waals surface area contributed by atoms with Crippen molar-refractivity contribution in [2.45, 2.75) is 33.9 Å². The number of rotatable bonds is 10. The van der Waals surface area contributed by atoms with Crippen LogP contribution in [0, 0.1) is 18.7 Å². The van der Waals surface area contributed by atoms with Gasteiger partial charge in [-0.05, 0) is 65.7 Å². The lowest BCUT2D eigenvalue weighted by atomic mass is 10.1. The summed E-state index contributed by atoms with van der Waals surface area (Å²) in [6.45, 7) is 7.22. The Labute approximate surface area is 204 Å². The van der Waals surface area contributed by atoms with Gasteiger partial charge in [-0.3, -0.25) is 9.59 Å². The molecule has 0 aliphatic rings. The molecule has 180 valence electrons. The molecule has 0 radical (unpaired) electrons. The molecule has 1 aromatic heterocycles. The maximum absolute atomic E-state index is 13.5. The molecular formula is C27H31FN2O3S. The molecule has 3 rings (SSSR count). The van der Waals surface area contributed by atoms with Gasteiger partial charge >= 0.3 is 0 Å². The van der Waals surface area contributed by atoms with Crippen LogP contribution in [0.15, 0.2) is 60.0 Å². The van der Waals surface area contributed by atoms with Crippen molar-refractivity contribution in [3.8, 4) is 5.75 Å². The van der Waals surface area contributed by atoms with Gasteiger partial charge in [0.1, 0.15) is 18.1 Å². The maximum Gasteiger partial charge on any atom is 0.254 e. The minimum absolute atomic E-state index is 0.0418. The number of thiophene rings is 1. The van der Waals surface area contributed by atoms with E-state index in [1.807, 2.05) is 32.2 Å². The molecule has 34 heavy (non-hydrogen) atoms. The lowest BCUT2D eigenvalue weighted by molar-refractivity contribution is -0.133. The van der Waals surface area contributed by atoms with E-state index in [0.717, 1.165) is 16.0 Å². The van der Waals surface area contributed by atoms with Crippen LogP contribution in [0.4, 0.5) is 4.39 Å². The van der Waals surface area contributed by atoms with E-state index in [-0.39, 0.29) is 30.1 Å². The molecule has 5 nitrogen and oxygen atoms in total. The van der Waals surface area contributed by atoms with Gasteiger partial charge in [-0.2, -0.15) is 0 Å². The van der Waals surface area contributed by atoms with Gasteiger partial charge in [0.25, 0.3) is 5.91 Å². The summed E-state index contributed by atoms with van der Waals surface area (Å²) in [7, 11) is 1.55. The molecule has 0 N–H and O–H groups in total. The van der Waals surface area contributed by atoms with E-state index in [1.54, 1.807) is 64.6 Å². The van der Waals surface area contributed by atoms with Crippen LogP contribution in [-0.4, -0.2) is 41.8 Å². The van der Waals surface area contributed by atoms with Crippen LogP contribution in [0.3, 0.4) is 0 Å². The summed E-state index contributed by atoms with van der Waals surface area (Å²) in [4.78, 5) is 31.3. The Morgan fingerprint density at radius 1 is 1.03 bits per heavy atom. The molecule has 2 amide bonds. The van der Waals surface area contributed by atoms with E-state index >= 15 is 0 Å². The monoisotopic (exact) mass is 482 g/mol. The van der Waals surface area contributed by atoms with Crippen LogP contribution in [0.1, 0.15) is 40.2 Å². The number of carbonyl (C=O) groups excluding carboxylic acids is 2. The molecule has 0 aliphatic heterocycles. The number of halogens is 1. The number of hydrogen-bond acceptors (Lipinski definition) is 4. The van der Waals surface area contributed by atoms with Crippen LogP contribution < -0.4 is 4.74 Å². The van der Waals surface area contributed by atoms with Crippen LogP contribution in [0.2, 0.25) is 0 Å². The molecule has 7 heteroatoms. The van der Waals surface area contributed by atoms with E-state index in [2.05, 4.69) is 0 Å². The second kappa shape index (κ2) is 11.8. The van der Waals surface area contributed by atoms with Crippen LogP contribution >= 0.6 is 11.3 Å². The first-order chi connectivity index (χ1) is 16.3. The Bertz CT molecular complexity index is 1110. The first kappa shape index (κ1) is 25.4. The molecule has 0 aliphatic carbocycles.